The Morgan fingerprint density at radius 1 is 1.24 bits per heavy atom. The van der Waals surface area contributed by atoms with E-state index in [1.807, 2.05) is 19.9 Å². The van der Waals surface area contributed by atoms with Crippen LogP contribution in [-0.2, 0) is 28.9 Å². The number of carbonyl (C=O) groups excluding carboxylic acids is 1. The van der Waals surface area contributed by atoms with Crippen molar-refractivity contribution in [2.75, 3.05) is 38.0 Å². The molecule has 10 heteroatoms. The SMILES string of the molecule is CCOc1ccc(OCC)c(NC(=O)CSc2nc3sc4c(c3c(=O)n2CCOC)CCC4)c1. The van der Waals surface area contributed by atoms with Crippen LogP contribution in [0, 0.1) is 0 Å². The number of anilines is 1. The summed E-state index contributed by atoms with van der Waals surface area (Å²) in [7, 11) is 1.60. The summed E-state index contributed by atoms with van der Waals surface area (Å²) in [5.74, 6) is 1.11. The molecule has 1 aliphatic carbocycles. The van der Waals surface area contributed by atoms with Gasteiger partial charge in [0, 0.05) is 18.1 Å². The van der Waals surface area contributed by atoms with Crippen molar-refractivity contribution in [3.8, 4) is 11.5 Å². The van der Waals surface area contributed by atoms with Gasteiger partial charge in [0.2, 0.25) is 5.91 Å². The third-order valence-electron chi connectivity index (χ3n) is 5.48. The van der Waals surface area contributed by atoms with E-state index in [4.69, 9.17) is 19.2 Å². The van der Waals surface area contributed by atoms with Crippen LogP contribution in [0.15, 0.2) is 28.2 Å². The number of amides is 1. The highest BCUT2D eigenvalue weighted by molar-refractivity contribution is 7.99. The number of hydrogen-bond donors (Lipinski definition) is 1. The maximum Gasteiger partial charge on any atom is 0.263 e. The van der Waals surface area contributed by atoms with E-state index in [9.17, 15) is 9.59 Å². The van der Waals surface area contributed by atoms with E-state index in [1.54, 1.807) is 35.1 Å². The summed E-state index contributed by atoms with van der Waals surface area (Å²) in [6.45, 7) is 5.57. The molecule has 0 saturated carbocycles. The van der Waals surface area contributed by atoms with E-state index >= 15 is 0 Å². The number of rotatable bonds is 11. The average Bonchev–Trinajstić information content (AvgIpc) is 3.40. The van der Waals surface area contributed by atoms with Crippen LogP contribution in [0.25, 0.3) is 10.2 Å². The molecular formula is C24H29N3O5S2. The van der Waals surface area contributed by atoms with E-state index in [0.29, 0.717) is 48.7 Å². The Morgan fingerprint density at radius 2 is 2.06 bits per heavy atom. The van der Waals surface area contributed by atoms with Gasteiger partial charge < -0.3 is 19.5 Å². The Kier molecular flexibility index (Phi) is 8.12. The number of thiophene rings is 1. The number of carbonyl (C=O) groups is 1. The summed E-state index contributed by atoms with van der Waals surface area (Å²) in [6, 6.07) is 5.35. The molecule has 0 radical (unpaired) electrons. The van der Waals surface area contributed by atoms with Gasteiger partial charge in [-0.1, -0.05) is 11.8 Å². The zero-order valence-electron chi connectivity index (χ0n) is 19.6. The first kappa shape index (κ1) is 24.6. The number of ether oxygens (including phenoxy) is 3. The molecule has 34 heavy (non-hydrogen) atoms. The molecule has 0 saturated heterocycles. The Morgan fingerprint density at radius 3 is 2.82 bits per heavy atom. The van der Waals surface area contributed by atoms with Gasteiger partial charge in [0.1, 0.15) is 16.3 Å². The molecule has 8 nitrogen and oxygen atoms in total. The lowest BCUT2D eigenvalue weighted by Gasteiger charge is -2.14. The molecule has 3 aromatic rings. The fraction of sp³-hybridized carbons (Fsp3) is 0.458. The van der Waals surface area contributed by atoms with Gasteiger partial charge in [-0.3, -0.25) is 14.2 Å². The Balaban J connectivity index is 1.55. The quantitative estimate of drug-likeness (QED) is 0.311. The maximum atomic E-state index is 13.4. The molecule has 0 bridgehead atoms. The molecule has 1 aromatic carbocycles. The molecule has 0 fully saturated rings. The van der Waals surface area contributed by atoms with Crippen LogP contribution < -0.4 is 20.3 Å². The number of benzene rings is 1. The minimum absolute atomic E-state index is 0.0487. The van der Waals surface area contributed by atoms with Crippen molar-refractivity contribution in [1.82, 2.24) is 9.55 Å². The number of methoxy groups -OCH3 is 1. The Hall–Kier alpha value is -2.56. The molecule has 0 spiro atoms. The highest BCUT2D eigenvalue weighted by Gasteiger charge is 2.23. The fourth-order valence-corrected chi connectivity index (χ4v) is 6.14. The average molecular weight is 504 g/mol. The smallest absolute Gasteiger partial charge is 0.263 e. The zero-order chi connectivity index (χ0) is 24.1. The Bertz CT molecular complexity index is 1240. The largest absolute Gasteiger partial charge is 0.494 e. The van der Waals surface area contributed by atoms with E-state index < -0.39 is 0 Å². The van der Waals surface area contributed by atoms with Crippen molar-refractivity contribution in [2.24, 2.45) is 0 Å². The first-order chi connectivity index (χ1) is 16.5. The molecular weight excluding hydrogens is 474 g/mol. The van der Waals surface area contributed by atoms with Crippen molar-refractivity contribution >= 4 is 44.9 Å². The van der Waals surface area contributed by atoms with Gasteiger partial charge in [-0.2, -0.15) is 0 Å². The summed E-state index contributed by atoms with van der Waals surface area (Å²) in [4.78, 5) is 33.0. The second kappa shape index (κ2) is 11.2. The third-order valence-corrected chi connectivity index (χ3v) is 7.64. The van der Waals surface area contributed by atoms with Gasteiger partial charge in [-0.25, -0.2) is 4.98 Å². The number of nitrogens with zero attached hydrogens (tertiary/aromatic N) is 2. The van der Waals surface area contributed by atoms with Crippen LogP contribution in [0.5, 0.6) is 11.5 Å². The standard InChI is InChI=1S/C24H29N3O5S2/c1-4-31-15-9-10-18(32-5-2)17(13-15)25-20(28)14-33-24-26-22-21(16-7-6-8-19(16)34-22)23(29)27(24)11-12-30-3/h9-10,13H,4-8,11-12,14H2,1-3H3,(H,25,28). The highest BCUT2D eigenvalue weighted by atomic mass is 32.2. The summed E-state index contributed by atoms with van der Waals surface area (Å²) >= 11 is 2.84. The van der Waals surface area contributed by atoms with Gasteiger partial charge in [0.05, 0.1) is 43.2 Å². The first-order valence-electron chi connectivity index (χ1n) is 11.4. The van der Waals surface area contributed by atoms with E-state index in [-0.39, 0.29) is 17.2 Å². The summed E-state index contributed by atoms with van der Waals surface area (Å²) in [5.41, 5.74) is 1.65. The normalized spacial score (nSPS) is 12.7. The number of thioether (sulfide) groups is 1. The molecule has 0 aliphatic heterocycles. The number of hydrogen-bond acceptors (Lipinski definition) is 8. The lowest BCUT2D eigenvalue weighted by molar-refractivity contribution is -0.113. The van der Waals surface area contributed by atoms with Crippen molar-refractivity contribution in [3.05, 3.63) is 39.0 Å². The van der Waals surface area contributed by atoms with Crippen molar-refractivity contribution in [1.29, 1.82) is 0 Å². The molecule has 2 heterocycles. The molecule has 182 valence electrons. The van der Waals surface area contributed by atoms with Gasteiger partial charge in [0.15, 0.2) is 5.16 Å². The third kappa shape index (κ3) is 5.24. The lowest BCUT2D eigenvalue weighted by atomic mass is 10.2. The molecule has 1 N–H and O–H groups in total. The van der Waals surface area contributed by atoms with Crippen molar-refractivity contribution < 1.29 is 19.0 Å². The van der Waals surface area contributed by atoms with Gasteiger partial charge in [-0.05, 0) is 50.8 Å². The lowest BCUT2D eigenvalue weighted by Crippen LogP contribution is -2.26. The second-order valence-electron chi connectivity index (χ2n) is 7.74. The fourth-order valence-electron chi connectivity index (χ4n) is 4.01. The van der Waals surface area contributed by atoms with Crippen LogP contribution in [-0.4, -0.2) is 48.1 Å². The number of nitrogens with one attached hydrogen (secondary N) is 1. The van der Waals surface area contributed by atoms with Crippen LogP contribution in [0.2, 0.25) is 0 Å². The molecule has 1 amide bonds. The summed E-state index contributed by atoms with van der Waals surface area (Å²) < 4.78 is 18.0. The minimum atomic E-state index is -0.221. The predicted octanol–water partition coefficient (Wildman–Crippen LogP) is 4.12. The number of fused-ring (bicyclic) bond motifs is 3. The molecule has 2 aromatic heterocycles. The monoisotopic (exact) mass is 503 g/mol. The van der Waals surface area contributed by atoms with Gasteiger partial charge in [-0.15, -0.1) is 11.3 Å². The summed E-state index contributed by atoms with van der Waals surface area (Å²) in [6.07, 6.45) is 3.01. The van der Waals surface area contributed by atoms with Gasteiger partial charge >= 0.3 is 0 Å². The number of aromatic nitrogens is 2. The molecule has 4 rings (SSSR count). The van der Waals surface area contributed by atoms with Crippen LogP contribution >= 0.6 is 23.1 Å². The number of aryl methyl sites for hydroxylation is 2. The first-order valence-corrected chi connectivity index (χ1v) is 13.2. The van der Waals surface area contributed by atoms with Crippen molar-refractivity contribution in [2.45, 2.75) is 44.8 Å². The predicted molar refractivity (Wildman–Crippen MR) is 136 cm³/mol. The van der Waals surface area contributed by atoms with Crippen molar-refractivity contribution in [3.63, 3.8) is 0 Å². The van der Waals surface area contributed by atoms with Crippen LogP contribution in [0.3, 0.4) is 0 Å². The maximum absolute atomic E-state index is 13.4. The van der Waals surface area contributed by atoms with Crippen LogP contribution in [0.4, 0.5) is 5.69 Å². The van der Waals surface area contributed by atoms with E-state index in [1.165, 1.54) is 16.6 Å². The van der Waals surface area contributed by atoms with E-state index in [0.717, 1.165) is 35.0 Å². The zero-order valence-corrected chi connectivity index (χ0v) is 21.3. The highest BCUT2D eigenvalue weighted by Crippen LogP contribution is 2.36. The second-order valence-corrected chi connectivity index (χ2v) is 9.77. The van der Waals surface area contributed by atoms with E-state index in [2.05, 4.69) is 5.32 Å². The Labute approximate surface area is 206 Å². The molecule has 0 unspecified atom stereocenters. The van der Waals surface area contributed by atoms with Gasteiger partial charge in [0.25, 0.3) is 5.56 Å². The molecule has 0 atom stereocenters. The summed E-state index contributed by atoms with van der Waals surface area (Å²) in [5, 5.41) is 4.17. The van der Waals surface area contributed by atoms with Crippen LogP contribution in [0.1, 0.15) is 30.7 Å². The topological polar surface area (TPSA) is 91.7 Å². The minimum Gasteiger partial charge on any atom is -0.494 e. The molecule has 1 aliphatic rings.